The van der Waals surface area contributed by atoms with Crippen molar-refractivity contribution in [1.82, 2.24) is 15.2 Å². The maximum absolute atomic E-state index is 11.6. The molecule has 0 saturated heterocycles. The maximum atomic E-state index is 11.6. The number of oxazole rings is 1. The predicted octanol–water partition coefficient (Wildman–Crippen LogP) is 3.57. The molecule has 2 N–H and O–H groups in total. The molecule has 0 atom stereocenters. The minimum Gasteiger partial charge on any atom is -0.436 e. The fraction of sp³-hybridized carbons (Fsp3) is 0.0556. The van der Waals surface area contributed by atoms with Crippen LogP contribution < -0.4 is 5.56 Å². The zero-order valence-corrected chi connectivity index (χ0v) is 12.9. The van der Waals surface area contributed by atoms with Crippen molar-refractivity contribution in [3.63, 3.8) is 0 Å². The van der Waals surface area contributed by atoms with E-state index in [9.17, 15) is 4.79 Å². The van der Waals surface area contributed by atoms with Gasteiger partial charge in [0.1, 0.15) is 5.52 Å². The van der Waals surface area contributed by atoms with E-state index in [1.165, 1.54) is 0 Å². The number of H-pyrrole nitrogens is 2. The third-order valence-electron chi connectivity index (χ3n) is 3.76. The molecule has 24 heavy (non-hydrogen) atoms. The van der Waals surface area contributed by atoms with Gasteiger partial charge >= 0.3 is 0 Å². The van der Waals surface area contributed by atoms with Crippen molar-refractivity contribution in [2.75, 3.05) is 0 Å². The Morgan fingerprint density at radius 1 is 1.08 bits per heavy atom. The molecule has 0 spiro atoms. The first-order chi connectivity index (χ1) is 11.7. The van der Waals surface area contributed by atoms with Crippen molar-refractivity contribution in [2.24, 2.45) is 4.99 Å². The Labute approximate surface area is 136 Å². The summed E-state index contributed by atoms with van der Waals surface area (Å²) in [4.78, 5) is 20.4. The second-order valence-corrected chi connectivity index (χ2v) is 5.41. The molecule has 4 rings (SSSR count). The normalized spacial score (nSPS) is 11.5. The number of fused-ring (bicyclic) bond motifs is 1. The third kappa shape index (κ3) is 2.54. The number of hydrogen-bond donors (Lipinski definition) is 2. The Morgan fingerprint density at radius 2 is 1.88 bits per heavy atom. The second kappa shape index (κ2) is 5.66. The van der Waals surface area contributed by atoms with Crippen molar-refractivity contribution in [3.8, 4) is 11.5 Å². The lowest BCUT2D eigenvalue weighted by molar-refractivity contribution is 0.620. The fourth-order valence-corrected chi connectivity index (χ4v) is 2.44. The summed E-state index contributed by atoms with van der Waals surface area (Å²) in [7, 11) is 0. The average molecular weight is 318 g/mol. The molecule has 0 bridgehead atoms. The third-order valence-corrected chi connectivity index (χ3v) is 3.76. The van der Waals surface area contributed by atoms with E-state index >= 15 is 0 Å². The summed E-state index contributed by atoms with van der Waals surface area (Å²) in [5.74, 6) is 0.574. The molecular formula is C18H14N4O2. The second-order valence-electron chi connectivity index (χ2n) is 5.41. The smallest absolute Gasteiger partial charge is 0.272 e. The maximum Gasteiger partial charge on any atom is 0.272 e. The summed E-state index contributed by atoms with van der Waals surface area (Å²) in [5.41, 5.74) is 4.31. The Bertz CT molecular complexity index is 1050. The molecule has 0 aliphatic carbocycles. The highest BCUT2D eigenvalue weighted by atomic mass is 16.3. The lowest BCUT2D eigenvalue weighted by Crippen LogP contribution is -2.04. The zero-order valence-electron chi connectivity index (χ0n) is 12.9. The molecule has 0 aliphatic rings. The van der Waals surface area contributed by atoms with Crippen molar-refractivity contribution < 1.29 is 4.42 Å². The van der Waals surface area contributed by atoms with Crippen molar-refractivity contribution in [2.45, 2.75) is 6.92 Å². The molecule has 0 radical (unpaired) electrons. The van der Waals surface area contributed by atoms with Gasteiger partial charge in [0.15, 0.2) is 5.58 Å². The van der Waals surface area contributed by atoms with E-state index < -0.39 is 0 Å². The van der Waals surface area contributed by atoms with Crippen molar-refractivity contribution >= 4 is 23.0 Å². The summed E-state index contributed by atoms with van der Waals surface area (Å²) in [5, 5.41) is 5.29. The van der Waals surface area contributed by atoms with E-state index in [1.807, 2.05) is 55.5 Å². The van der Waals surface area contributed by atoms with E-state index in [1.54, 1.807) is 6.21 Å². The van der Waals surface area contributed by atoms with Crippen LogP contribution in [0.4, 0.5) is 5.69 Å². The van der Waals surface area contributed by atoms with Crippen LogP contribution in [-0.2, 0) is 0 Å². The lowest BCUT2D eigenvalue weighted by atomic mass is 10.2. The summed E-state index contributed by atoms with van der Waals surface area (Å²) in [6, 6.07) is 15.2. The minimum atomic E-state index is -0.181. The van der Waals surface area contributed by atoms with E-state index in [0.717, 1.165) is 28.0 Å². The zero-order chi connectivity index (χ0) is 16.5. The van der Waals surface area contributed by atoms with Gasteiger partial charge < -0.3 is 9.52 Å². The highest BCUT2D eigenvalue weighted by Crippen LogP contribution is 2.25. The summed E-state index contributed by atoms with van der Waals surface area (Å²) in [6.45, 7) is 1.82. The Balaban J connectivity index is 1.61. The van der Waals surface area contributed by atoms with Gasteiger partial charge in [-0.15, -0.1) is 0 Å². The molecule has 0 unspecified atom stereocenters. The molecule has 2 aromatic carbocycles. The SMILES string of the molecule is Cc1[nH][nH]c(=O)c1C=Nc1ccc(-c2nc3ccccc3o2)cc1. The van der Waals surface area contributed by atoms with Crippen LogP contribution in [0.25, 0.3) is 22.6 Å². The fourth-order valence-electron chi connectivity index (χ4n) is 2.44. The molecule has 118 valence electrons. The van der Waals surface area contributed by atoms with E-state index in [0.29, 0.717) is 11.5 Å². The number of hydrogen-bond acceptors (Lipinski definition) is 4. The number of aromatic nitrogens is 3. The molecule has 0 amide bonds. The number of para-hydroxylation sites is 2. The lowest BCUT2D eigenvalue weighted by Gasteiger charge is -1.96. The number of rotatable bonds is 3. The van der Waals surface area contributed by atoms with Crippen LogP contribution in [0, 0.1) is 6.92 Å². The van der Waals surface area contributed by atoms with Crippen LogP contribution in [-0.4, -0.2) is 21.4 Å². The summed E-state index contributed by atoms with van der Waals surface area (Å²) < 4.78 is 5.75. The molecular weight excluding hydrogens is 304 g/mol. The van der Waals surface area contributed by atoms with Gasteiger partial charge in [-0.25, -0.2) is 4.98 Å². The number of aromatic amines is 2. The Kier molecular flexibility index (Phi) is 3.35. The van der Waals surface area contributed by atoms with Gasteiger partial charge in [0.25, 0.3) is 5.56 Å². The largest absolute Gasteiger partial charge is 0.436 e. The van der Waals surface area contributed by atoms with Gasteiger partial charge in [-0.3, -0.25) is 14.9 Å². The topological polar surface area (TPSA) is 87.0 Å². The van der Waals surface area contributed by atoms with Crippen LogP contribution in [0.1, 0.15) is 11.3 Å². The number of benzene rings is 2. The van der Waals surface area contributed by atoms with Gasteiger partial charge in [-0.2, -0.15) is 0 Å². The highest BCUT2D eigenvalue weighted by Gasteiger charge is 2.07. The van der Waals surface area contributed by atoms with Crippen LogP contribution in [0.3, 0.4) is 0 Å². The van der Waals surface area contributed by atoms with Gasteiger partial charge in [-0.05, 0) is 43.3 Å². The molecule has 6 nitrogen and oxygen atoms in total. The first-order valence-corrected chi connectivity index (χ1v) is 7.48. The van der Waals surface area contributed by atoms with Crippen LogP contribution in [0.15, 0.2) is 62.7 Å². The van der Waals surface area contributed by atoms with Crippen molar-refractivity contribution in [3.05, 3.63) is 70.1 Å². The Hall–Kier alpha value is -3.41. The molecule has 0 fully saturated rings. The average Bonchev–Trinajstić information content (AvgIpc) is 3.17. The van der Waals surface area contributed by atoms with E-state index in [2.05, 4.69) is 20.2 Å². The minimum absolute atomic E-state index is 0.181. The number of aryl methyl sites for hydroxylation is 1. The molecule has 2 heterocycles. The number of nitrogens with one attached hydrogen (secondary N) is 2. The van der Waals surface area contributed by atoms with Crippen LogP contribution in [0.2, 0.25) is 0 Å². The van der Waals surface area contributed by atoms with Crippen molar-refractivity contribution in [1.29, 1.82) is 0 Å². The van der Waals surface area contributed by atoms with Gasteiger partial charge in [-0.1, -0.05) is 12.1 Å². The summed E-state index contributed by atoms with van der Waals surface area (Å²) >= 11 is 0. The summed E-state index contributed by atoms with van der Waals surface area (Å²) in [6.07, 6.45) is 1.55. The highest BCUT2D eigenvalue weighted by molar-refractivity contribution is 5.83. The van der Waals surface area contributed by atoms with Crippen LogP contribution in [0.5, 0.6) is 0 Å². The molecule has 6 heteroatoms. The molecule has 2 aromatic heterocycles. The first-order valence-electron chi connectivity index (χ1n) is 7.48. The van der Waals surface area contributed by atoms with Crippen LogP contribution >= 0.6 is 0 Å². The predicted molar refractivity (Wildman–Crippen MR) is 92.8 cm³/mol. The quantitative estimate of drug-likeness (QED) is 0.566. The van der Waals surface area contributed by atoms with Gasteiger partial charge in [0.05, 0.1) is 11.3 Å². The van der Waals surface area contributed by atoms with Gasteiger partial charge in [0.2, 0.25) is 5.89 Å². The molecule has 4 aromatic rings. The van der Waals surface area contributed by atoms with E-state index in [-0.39, 0.29) is 5.56 Å². The first kappa shape index (κ1) is 14.2. The van der Waals surface area contributed by atoms with Gasteiger partial charge in [0, 0.05) is 17.5 Å². The Morgan fingerprint density at radius 3 is 2.58 bits per heavy atom. The monoisotopic (exact) mass is 318 g/mol. The standard InChI is InChI=1S/C18H14N4O2/c1-11-14(17(23)22-21-11)10-19-13-8-6-12(7-9-13)18-20-15-4-2-3-5-16(15)24-18/h2-10H,1H3,(H2,21,22,23). The molecule has 0 saturated carbocycles. The number of nitrogens with zero attached hydrogens (tertiary/aromatic N) is 2. The number of aliphatic imine (C=N–C) groups is 1. The molecule has 0 aliphatic heterocycles. The van der Waals surface area contributed by atoms with E-state index in [4.69, 9.17) is 4.42 Å².